The zero-order valence-corrected chi connectivity index (χ0v) is 16.2. The van der Waals surface area contributed by atoms with Gasteiger partial charge in [0.15, 0.2) is 0 Å². The largest absolute Gasteiger partial charge is 0.455 e. The van der Waals surface area contributed by atoms with Crippen molar-refractivity contribution in [3.63, 3.8) is 0 Å². The molecule has 128 valence electrons. The minimum absolute atomic E-state index is 0.900. The second-order valence-corrected chi connectivity index (χ2v) is 7.03. The fourth-order valence-corrected chi connectivity index (χ4v) is 3.83. The molecule has 0 fully saturated rings. The maximum Gasteiger partial charge on any atom is 0.142 e. The molecule has 4 rings (SSSR count). The van der Waals surface area contributed by atoms with Gasteiger partial charge in [-0.05, 0) is 18.1 Å². The van der Waals surface area contributed by atoms with Crippen LogP contribution in [0.4, 0.5) is 0 Å². The molecule has 0 radical (unpaired) electrons. The van der Waals surface area contributed by atoms with E-state index in [9.17, 15) is 0 Å². The van der Waals surface area contributed by atoms with Crippen LogP contribution in [0.15, 0.2) is 93.8 Å². The highest BCUT2D eigenvalue weighted by atomic mass is 79.9. The first-order valence-corrected chi connectivity index (χ1v) is 9.60. The van der Waals surface area contributed by atoms with Gasteiger partial charge in [-0.1, -0.05) is 102 Å². The molecule has 1 aromatic heterocycles. The summed E-state index contributed by atoms with van der Waals surface area (Å²) in [6.07, 6.45) is 0.900. The molecule has 0 spiro atoms. The molecule has 0 aliphatic heterocycles. The Morgan fingerprint density at radius 3 is 1.88 bits per heavy atom. The average molecular weight is 403 g/mol. The van der Waals surface area contributed by atoms with E-state index in [4.69, 9.17) is 4.42 Å². The van der Waals surface area contributed by atoms with E-state index in [0.717, 1.165) is 33.5 Å². The van der Waals surface area contributed by atoms with Crippen LogP contribution in [-0.4, -0.2) is 0 Å². The number of halogens is 1. The molecule has 1 heterocycles. The van der Waals surface area contributed by atoms with Crippen molar-refractivity contribution in [3.05, 3.63) is 95.0 Å². The van der Waals surface area contributed by atoms with Gasteiger partial charge in [-0.25, -0.2) is 0 Å². The maximum absolute atomic E-state index is 6.51. The van der Waals surface area contributed by atoms with Gasteiger partial charge in [-0.2, -0.15) is 0 Å². The van der Waals surface area contributed by atoms with Gasteiger partial charge in [0.1, 0.15) is 11.5 Å². The zero-order chi connectivity index (χ0) is 17.9. The predicted molar refractivity (Wildman–Crippen MR) is 112 cm³/mol. The third-order valence-corrected chi connectivity index (χ3v) is 5.27. The minimum Gasteiger partial charge on any atom is -0.455 e. The first-order chi connectivity index (χ1) is 12.8. The van der Waals surface area contributed by atoms with E-state index in [1.807, 2.05) is 24.3 Å². The van der Waals surface area contributed by atoms with Crippen molar-refractivity contribution >= 4 is 15.9 Å². The van der Waals surface area contributed by atoms with Crippen LogP contribution in [-0.2, 0) is 6.42 Å². The Morgan fingerprint density at radius 1 is 0.692 bits per heavy atom. The number of furan rings is 1. The van der Waals surface area contributed by atoms with Crippen LogP contribution < -0.4 is 0 Å². The molecule has 0 saturated carbocycles. The van der Waals surface area contributed by atoms with Gasteiger partial charge in [0.2, 0.25) is 0 Å². The number of hydrogen-bond acceptors (Lipinski definition) is 1. The fourth-order valence-electron chi connectivity index (χ4n) is 3.37. The monoisotopic (exact) mass is 402 g/mol. The highest BCUT2D eigenvalue weighted by Crippen LogP contribution is 2.44. The van der Waals surface area contributed by atoms with Crippen molar-refractivity contribution in [2.75, 3.05) is 0 Å². The summed E-state index contributed by atoms with van der Waals surface area (Å²) >= 11 is 3.68. The first kappa shape index (κ1) is 16.9. The topological polar surface area (TPSA) is 13.1 Å². The Balaban J connectivity index is 2.04. The molecule has 0 amide bonds. The molecule has 1 nitrogen and oxygen atoms in total. The van der Waals surface area contributed by atoms with Crippen LogP contribution in [0.3, 0.4) is 0 Å². The lowest BCUT2D eigenvalue weighted by molar-refractivity contribution is 0.595. The summed E-state index contributed by atoms with van der Waals surface area (Å²) in [7, 11) is 0. The van der Waals surface area contributed by atoms with E-state index < -0.39 is 0 Å². The van der Waals surface area contributed by atoms with Gasteiger partial charge in [0.25, 0.3) is 0 Å². The van der Waals surface area contributed by atoms with Crippen molar-refractivity contribution in [2.24, 2.45) is 0 Å². The van der Waals surface area contributed by atoms with Crippen molar-refractivity contribution in [2.45, 2.75) is 13.3 Å². The molecule has 2 heteroatoms. The van der Waals surface area contributed by atoms with E-state index in [1.165, 1.54) is 16.7 Å². The Morgan fingerprint density at radius 2 is 1.27 bits per heavy atom. The van der Waals surface area contributed by atoms with Gasteiger partial charge in [0, 0.05) is 26.7 Å². The van der Waals surface area contributed by atoms with E-state index in [2.05, 4.69) is 83.5 Å². The smallest absolute Gasteiger partial charge is 0.142 e. The van der Waals surface area contributed by atoms with E-state index in [-0.39, 0.29) is 0 Å². The second kappa shape index (κ2) is 7.35. The quantitative estimate of drug-likeness (QED) is 0.342. The Bertz CT molecular complexity index is 1020. The molecule has 0 bridgehead atoms. The van der Waals surface area contributed by atoms with E-state index in [0.29, 0.717) is 0 Å². The van der Waals surface area contributed by atoms with Gasteiger partial charge < -0.3 is 4.42 Å². The third-order valence-electron chi connectivity index (χ3n) is 4.58. The highest BCUT2D eigenvalue weighted by molar-refractivity contribution is 9.10. The normalized spacial score (nSPS) is 10.8. The van der Waals surface area contributed by atoms with Crippen LogP contribution >= 0.6 is 15.9 Å². The number of rotatable bonds is 4. The molecular formula is C24H19BrO. The van der Waals surface area contributed by atoms with Gasteiger partial charge in [-0.15, -0.1) is 0 Å². The van der Waals surface area contributed by atoms with Crippen molar-refractivity contribution < 1.29 is 4.42 Å². The highest BCUT2D eigenvalue weighted by Gasteiger charge is 2.23. The van der Waals surface area contributed by atoms with Crippen LogP contribution in [0, 0.1) is 0 Å². The van der Waals surface area contributed by atoms with Gasteiger partial charge in [-0.3, -0.25) is 0 Å². The standard InChI is InChI=1S/C24H19BrO/c1-2-19-22(17-11-5-3-6-12-17)23(18-13-7-4-8-14-18)26-24(19)20-15-9-10-16-21(20)25/h3-16H,2H2,1H3. The molecule has 3 aromatic carbocycles. The molecule has 0 atom stereocenters. The van der Waals surface area contributed by atoms with Gasteiger partial charge >= 0.3 is 0 Å². The second-order valence-electron chi connectivity index (χ2n) is 6.18. The lowest BCUT2D eigenvalue weighted by Crippen LogP contribution is -1.88. The summed E-state index contributed by atoms with van der Waals surface area (Å²) in [5, 5.41) is 0. The lowest BCUT2D eigenvalue weighted by atomic mass is 9.94. The first-order valence-electron chi connectivity index (χ1n) is 8.81. The molecule has 0 saturated heterocycles. The van der Waals surface area contributed by atoms with Crippen LogP contribution in [0.5, 0.6) is 0 Å². The molecule has 0 aliphatic carbocycles. The summed E-state index contributed by atoms with van der Waals surface area (Å²) in [5.74, 6) is 1.87. The van der Waals surface area contributed by atoms with Crippen LogP contribution in [0.25, 0.3) is 33.8 Å². The van der Waals surface area contributed by atoms with Crippen LogP contribution in [0.2, 0.25) is 0 Å². The summed E-state index contributed by atoms with van der Waals surface area (Å²) in [4.78, 5) is 0. The molecular weight excluding hydrogens is 384 g/mol. The molecule has 0 N–H and O–H groups in total. The lowest BCUT2D eigenvalue weighted by Gasteiger charge is -2.06. The number of hydrogen-bond donors (Lipinski definition) is 0. The van der Waals surface area contributed by atoms with Crippen molar-refractivity contribution in [1.82, 2.24) is 0 Å². The molecule has 0 unspecified atom stereocenters. The van der Waals surface area contributed by atoms with Crippen molar-refractivity contribution in [1.29, 1.82) is 0 Å². The molecule has 0 aliphatic rings. The molecule has 4 aromatic rings. The van der Waals surface area contributed by atoms with E-state index >= 15 is 0 Å². The van der Waals surface area contributed by atoms with Crippen molar-refractivity contribution in [3.8, 4) is 33.8 Å². The average Bonchev–Trinajstić information content (AvgIpc) is 3.09. The number of benzene rings is 3. The molecule has 26 heavy (non-hydrogen) atoms. The SMILES string of the molecule is CCc1c(-c2ccccc2Br)oc(-c2ccccc2)c1-c1ccccc1. The Hall–Kier alpha value is -2.58. The summed E-state index contributed by atoms with van der Waals surface area (Å²) in [6, 6.07) is 29.1. The maximum atomic E-state index is 6.51. The Kier molecular flexibility index (Phi) is 4.77. The summed E-state index contributed by atoms with van der Waals surface area (Å²) in [5.41, 5.74) is 5.79. The van der Waals surface area contributed by atoms with Gasteiger partial charge in [0.05, 0.1) is 0 Å². The fraction of sp³-hybridized carbons (Fsp3) is 0.0833. The van der Waals surface area contributed by atoms with E-state index in [1.54, 1.807) is 0 Å². The Labute approximate surface area is 162 Å². The summed E-state index contributed by atoms with van der Waals surface area (Å²) in [6.45, 7) is 2.19. The minimum atomic E-state index is 0.900. The zero-order valence-electron chi connectivity index (χ0n) is 14.6. The predicted octanol–water partition coefficient (Wildman–Crippen LogP) is 7.61. The van der Waals surface area contributed by atoms with Crippen LogP contribution in [0.1, 0.15) is 12.5 Å². The summed E-state index contributed by atoms with van der Waals surface area (Å²) < 4.78 is 7.56. The third kappa shape index (κ3) is 3.02.